The van der Waals surface area contributed by atoms with Crippen molar-refractivity contribution in [3.63, 3.8) is 0 Å². The van der Waals surface area contributed by atoms with Crippen molar-refractivity contribution in [1.29, 1.82) is 0 Å². The predicted molar refractivity (Wildman–Crippen MR) is 62.3 cm³/mol. The zero-order valence-electron chi connectivity index (χ0n) is 9.53. The maximum absolute atomic E-state index is 5.62. The Morgan fingerprint density at radius 3 is 2.80 bits per heavy atom. The summed E-state index contributed by atoms with van der Waals surface area (Å²) in [4.78, 5) is 4.59. The minimum absolute atomic E-state index is 0.320. The monoisotopic (exact) mass is 203 g/mol. The number of benzene rings is 1. The molecule has 1 aromatic rings. The molecule has 15 heavy (non-hydrogen) atoms. The Morgan fingerprint density at radius 1 is 1.40 bits per heavy atom. The van der Waals surface area contributed by atoms with Crippen molar-refractivity contribution in [3.8, 4) is 0 Å². The van der Waals surface area contributed by atoms with Crippen LogP contribution in [0.4, 0.5) is 0 Å². The number of hydrogen-bond acceptors (Lipinski definition) is 2. The quantitative estimate of drug-likeness (QED) is 0.724. The van der Waals surface area contributed by atoms with Crippen LogP contribution in [0.15, 0.2) is 29.3 Å². The predicted octanol–water partition coefficient (Wildman–Crippen LogP) is 2.80. The van der Waals surface area contributed by atoms with Gasteiger partial charge in [0, 0.05) is 5.56 Å². The van der Waals surface area contributed by atoms with Crippen LogP contribution in [0.25, 0.3) is 0 Å². The first kappa shape index (κ1) is 10.2. The average Bonchev–Trinajstić information content (AvgIpc) is 2.66. The van der Waals surface area contributed by atoms with Crippen molar-refractivity contribution in [2.24, 2.45) is 10.9 Å². The highest BCUT2D eigenvalue weighted by atomic mass is 16.5. The minimum Gasteiger partial charge on any atom is -0.475 e. The molecular formula is C13H17NO. The normalized spacial score (nSPS) is 20.3. The van der Waals surface area contributed by atoms with Crippen LogP contribution in [0.2, 0.25) is 0 Å². The van der Waals surface area contributed by atoms with Crippen molar-refractivity contribution in [3.05, 3.63) is 35.4 Å². The van der Waals surface area contributed by atoms with Gasteiger partial charge < -0.3 is 4.74 Å². The van der Waals surface area contributed by atoms with Crippen molar-refractivity contribution in [2.75, 3.05) is 6.61 Å². The first-order valence-electron chi connectivity index (χ1n) is 5.44. The molecule has 0 saturated carbocycles. The van der Waals surface area contributed by atoms with Crippen LogP contribution in [0.5, 0.6) is 0 Å². The molecule has 1 heterocycles. The molecule has 0 saturated heterocycles. The average molecular weight is 203 g/mol. The number of aryl methyl sites for hydroxylation is 1. The van der Waals surface area contributed by atoms with Gasteiger partial charge in [0.2, 0.25) is 5.90 Å². The van der Waals surface area contributed by atoms with E-state index in [9.17, 15) is 0 Å². The number of ether oxygens (including phenoxy) is 1. The molecule has 2 nitrogen and oxygen atoms in total. The Labute approximate surface area is 91.0 Å². The molecule has 0 aliphatic carbocycles. The van der Waals surface area contributed by atoms with Crippen molar-refractivity contribution >= 4 is 5.90 Å². The Morgan fingerprint density at radius 2 is 2.20 bits per heavy atom. The van der Waals surface area contributed by atoms with Crippen LogP contribution >= 0.6 is 0 Å². The van der Waals surface area contributed by atoms with E-state index in [0.717, 1.165) is 18.1 Å². The van der Waals surface area contributed by atoms with Gasteiger partial charge in [0.25, 0.3) is 0 Å². The lowest BCUT2D eigenvalue weighted by Crippen LogP contribution is -2.13. The molecule has 0 radical (unpaired) electrons. The second-order valence-electron chi connectivity index (χ2n) is 4.43. The molecule has 2 heteroatoms. The van der Waals surface area contributed by atoms with Crippen LogP contribution in [0.1, 0.15) is 25.0 Å². The second kappa shape index (κ2) is 4.05. The van der Waals surface area contributed by atoms with Crippen LogP contribution in [0, 0.1) is 12.8 Å². The summed E-state index contributed by atoms with van der Waals surface area (Å²) in [6, 6.07) is 8.61. The van der Waals surface area contributed by atoms with E-state index in [1.165, 1.54) is 5.56 Å². The van der Waals surface area contributed by atoms with Gasteiger partial charge in [-0.05, 0) is 25.0 Å². The highest BCUT2D eigenvalue weighted by molar-refractivity contribution is 5.95. The molecule has 1 aliphatic heterocycles. The maximum atomic E-state index is 5.62. The molecule has 0 fully saturated rings. The highest BCUT2D eigenvalue weighted by Crippen LogP contribution is 2.17. The molecule has 1 unspecified atom stereocenters. The Hall–Kier alpha value is -1.31. The highest BCUT2D eigenvalue weighted by Gasteiger charge is 2.22. The molecule has 1 atom stereocenters. The summed E-state index contributed by atoms with van der Waals surface area (Å²) in [5, 5.41) is 0. The summed E-state index contributed by atoms with van der Waals surface area (Å²) < 4.78 is 5.62. The van der Waals surface area contributed by atoms with Crippen molar-refractivity contribution in [2.45, 2.75) is 26.8 Å². The molecule has 0 bridgehead atoms. The molecular weight excluding hydrogens is 186 g/mol. The van der Waals surface area contributed by atoms with Gasteiger partial charge in [0.15, 0.2) is 0 Å². The zero-order chi connectivity index (χ0) is 10.8. The number of nitrogens with zero attached hydrogens (tertiary/aromatic N) is 1. The van der Waals surface area contributed by atoms with Crippen LogP contribution in [0.3, 0.4) is 0 Å². The van der Waals surface area contributed by atoms with E-state index < -0.39 is 0 Å². The lowest BCUT2D eigenvalue weighted by molar-refractivity contribution is 0.292. The Kier molecular flexibility index (Phi) is 2.76. The molecule has 80 valence electrons. The standard InChI is InChI=1S/C13H17NO/c1-9(2)12-8-15-13(14-12)11-6-4-5-10(3)7-11/h4-7,9,12H,8H2,1-3H3. The zero-order valence-corrected chi connectivity index (χ0v) is 9.53. The van der Waals surface area contributed by atoms with Gasteiger partial charge in [-0.1, -0.05) is 31.5 Å². The smallest absolute Gasteiger partial charge is 0.216 e. The van der Waals surface area contributed by atoms with Gasteiger partial charge in [0.1, 0.15) is 6.61 Å². The SMILES string of the molecule is Cc1cccc(C2=NC(C(C)C)CO2)c1. The molecule has 2 rings (SSSR count). The largest absolute Gasteiger partial charge is 0.475 e. The molecule has 0 spiro atoms. The summed E-state index contributed by atoms with van der Waals surface area (Å²) >= 11 is 0. The summed E-state index contributed by atoms with van der Waals surface area (Å²) in [5.74, 6) is 1.35. The van der Waals surface area contributed by atoms with E-state index in [4.69, 9.17) is 4.74 Å². The third-order valence-electron chi connectivity index (χ3n) is 2.71. The molecule has 0 amide bonds. The van der Waals surface area contributed by atoms with Gasteiger partial charge in [-0.15, -0.1) is 0 Å². The maximum Gasteiger partial charge on any atom is 0.216 e. The number of rotatable bonds is 2. The summed E-state index contributed by atoms with van der Waals surface area (Å²) in [6.07, 6.45) is 0. The van der Waals surface area contributed by atoms with Gasteiger partial charge in [-0.3, -0.25) is 0 Å². The lowest BCUT2D eigenvalue weighted by Gasteiger charge is -2.06. The van der Waals surface area contributed by atoms with Crippen LogP contribution < -0.4 is 0 Å². The topological polar surface area (TPSA) is 21.6 Å². The molecule has 0 aromatic heterocycles. The fourth-order valence-corrected chi connectivity index (χ4v) is 1.67. The lowest BCUT2D eigenvalue weighted by atomic mass is 10.1. The van der Waals surface area contributed by atoms with Crippen LogP contribution in [-0.2, 0) is 4.74 Å². The van der Waals surface area contributed by atoms with Crippen molar-refractivity contribution < 1.29 is 4.74 Å². The van der Waals surface area contributed by atoms with E-state index >= 15 is 0 Å². The van der Waals surface area contributed by atoms with Gasteiger partial charge in [-0.25, -0.2) is 4.99 Å². The minimum atomic E-state index is 0.320. The Bertz CT molecular complexity index is 382. The Balaban J connectivity index is 2.22. The second-order valence-corrected chi connectivity index (χ2v) is 4.43. The third kappa shape index (κ3) is 2.20. The fourth-order valence-electron chi connectivity index (χ4n) is 1.67. The number of aliphatic imine (C=N–C) groups is 1. The van der Waals surface area contributed by atoms with E-state index in [1.807, 2.05) is 6.07 Å². The fraction of sp³-hybridized carbons (Fsp3) is 0.462. The molecule has 0 N–H and O–H groups in total. The van der Waals surface area contributed by atoms with Crippen molar-refractivity contribution in [1.82, 2.24) is 0 Å². The summed E-state index contributed by atoms with van der Waals surface area (Å²) in [6.45, 7) is 7.16. The molecule has 1 aromatic carbocycles. The third-order valence-corrected chi connectivity index (χ3v) is 2.71. The van der Waals surface area contributed by atoms with E-state index in [1.54, 1.807) is 0 Å². The number of hydrogen-bond donors (Lipinski definition) is 0. The first-order chi connectivity index (χ1) is 7.16. The van der Waals surface area contributed by atoms with Gasteiger partial charge >= 0.3 is 0 Å². The van der Waals surface area contributed by atoms with E-state index in [0.29, 0.717) is 12.0 Å². The summed E-state index contributed by atoms with van der Waals surface area (Å²) in [5.41, 5.74) is 2.34. The molecule has 1 aliphatic rings. The van der Waals surface area contributed by atoms with Crippen LogP contribution in [-0.4, -0.2) is 18.5 Å². The summed E-state index contributed by atoms with van der Waals surface area (Å²) in [7, 11) is 0. The van der Waals surface area contributed by atoms with E-state index in [-0.39, 0.29) is 0 Å². The first-order valence-corrected chi connectivity index (χ1v) is 5.44. The van der Waals surface area contributed by atoms with Gasteiger partial charge in [0.05, 0.1) is 6.04 Å². The van der Waals surface area contributed by atoms with E-state index in [2.05, 4.69) is 44.0 Å². The van der Waals surface area contributed by atoms with Gasteiger partial charge in [-0.2, -0.15) is 0 Å².